The van der Waals surface area contributed by atoms with Gasteiger partial charge < -0.3 is 10.5 Å². The number of H-pyrrole nitrogens is 1. The van der Waals surface area contributed by atoms with Gasteiger partial charge in [-0.25, -0.2) is 0 Å². The minimum atomic E-state index is -0.632. The van der Waals surface area contributed by atoms with Gasteiger partial charge in [0, 0.05) is 6.92 Å². The number of ether oxygens (including phenoxy) is 1. The van der Waals surface area contributed by atoms with E-state index in [2.05, 4.69) is 15.3 Å². The molecule has 3 N–H and O–H groups in total. The van der Waals surface area contributed by atoms with Crippen molar-refractivity contribution in [3.05, 3.63) is 34.6 Å². The average molecular weight is 275 g/mol. The van der Waals surface area contributed by atoms with Gasteiger partial charge in [-0.05, 0) is 24.3 Å². The van der Waals surface area contributed by atoms with Crippen LogP contribution < -0.4 is 16.0 Å². The molecule has 0 fully saturated rings. The molecule has 1 aromatic carbocycles. The van der Waals surface area contributed by atoms with Gasteiger partial charge in [-0.15, -0.1) is 5.11 Å². The number of nitrogens with zero attached hydrogens (tertiary/aromatic N) is 3. The largest absolute Gasteiger partial charge is 0.497 e. The highest BCUT2D eigenvalue weighted by atomic mass is 16.5. The molecule has 1 aromatic heterocycles. The first kappa shape index (κ1) is 13.5. The van der Waals surface area contributed by atoms with E-state index in [-0.39, 0.29) is 11.5 Å². The summed E-state index contributed by atoms with van der Waals surface area (Å²) in [7, 11) is 1.56. The molecule has 0 bridgehead atoms. The lowest BCUT2D eigenvalue weighted by molar-refractivity contribution is 0.0917. The molecule has 0 unspecified atom stereocenters. The highest BCUT2D eigenvalue weighted by molar-refractivity contribution is 5.77. The molecule has 0 spiro atoms. The summed E-state index contributed by atoms with van der Waals surface area (Å²) in [5.74, 6) is 0.194. The van der Waals surface area contributed by atoms with Crippen LogP contribution in [0.2, 0.25) is 0 Å². The third kappa shape index (κ3) is 2.58. The quantitative estimate of drug-likeness (QED) is 0.831. The fourth-order valence-corrected chi connectivity index (χ4v) is 1.52. The topological polar surface area (TPSA) is 115 Å². The van der Waals surface area contributed by atoms with Gasteiger partial charge in [0.2, 0.25) is 5.91 Å². The van der Waals surface area contributed by atoms with Crippen molar-refractivity contribution in [1.29, 1.82) is 0 Å². The number of methoxy groups -OCH3 is 1. The molecule has 8 heteroatoms. The molecular weight excluding hydrogens is 262 g/mol. The molecule has 104 valence electrons. The molecular formula is C12H13N5O3. The number of nitrogen functional groups attached to an aromatic ring is 1. The molecule has 0 atom stereocenters. The number of rotatable bonds is 3. The van der Waals surface area contributed by atoms with Crippen molar-refractivity contribution in [3.63, 3.8) is 0 Å². The summed E-state index contributed by atoms with van der Waals surface area (Å²) in [5, 5.41) is 10.1. The van der Waals surface area contributed by atoms with Crippen molar-refractivity contribution in [1.82, 2.24) is 9.78 Å². The zero-order chi connectivity index (χ0) is 14.7. The summed E-state index contributed by atoms with van der Waals surface area (Å²) in [6.07, 6.45) is 0. The van der Waals surface area contributed by atoms with Gasteiger partial charge in [0.05, 0.1) is 12.8 Å². The normalized spacial score (nSPS) is 10.9. The van der Waals surface area contributed by atoms with Crippen molar-refractivity contribution in [2.45, 2.75) is 6.92 Å². The average Bonchev–Trinajstić information content (AvgIpc) is 2.72. The van der Waals surface area contributed by atoms with Gasteiger partial charge in [0.15, 0.2) is 5.69 Å². The molecule has 0 saturated carbocycles. The number of nitrogens with two attached hydrogens (primary N) is 1. The van der Waals surface area contributed by atoms with Crippen LogP contribution in [-0.2, 0) is 0 Å². The predicted octanol–water partition coefficient (Wildman–Crippen LogP) is 1.84. The van der Waals surface area contributed by atoms with Gasteiger partial charge in [0.1, 0.15) is 11.6 Å². The molecule has 1 heterocycles. The van der Waals surface area contributed by atoms with Crippen LogP contribution >= 0.6 is 0 Å². The highest BCUT2D eigenvalue weighted by Gasteiger charge is 2.13. The van der Waals surface area contributed by atoms with E-state index in [1.54, 1.807) is 31.4 Å². The van der Waals surface area contributed by atoms with Gasteiger partial charge in [-0.2, -0.15) is 9.80 Å². The Morgan fingerprint density at radius 1 is 1.30 bits per heavy atom. The number of hydrogen-bond donors (Lipinski definition) is 2. The molecule has 2 aromatic rings. The predicted molar refractivity (Wildman–Crippen MR) is 72.9 cm³/mol. The van der Waals surface area contributed by atoms with Crippen LogP contribution in [0.3, 0.4) is 0 Å². The van der Waals surface area contributed by atoms with Crippen molar-refractivity contribution < 1.29 is 9.53 Å². The summed E-state index contributed by atoms with van der Waals surface area (Å²) in [6.45, 7) is 1.24. The molecule has 20 heavy (non-hydrogen) atoms. The highest BCUT2D eigenvalue weighted by Crippen LogP contribution is 2.21. The van der Waals surface area contributed by atoms with Crippen LogP contribution in [-0.4, -0.2) is 22.8 Å². The zero-order valence-electron chi connectivity index (χ0n) is 11.0. The van der Waals surface area contributed by atoms with Crippen LogP contribution in [0.4, 0.5) is 17.2 Å². The Labute approximate surface area is 113 Å². The second-order valence-electron chi connectivity index (χ2n) is 3.93. The first-order chi connectivity index (χ1) is 9.52. The number of anilines is 1. The van der Waals surface area contributed by atoms with Crippen LogP contribution in [0.5, 0.6) is 5.75 Å². The fraction of sp³-hybridized carbons (Fsp3) is 0.167. The van der Waals surface area contributed by atoms with E-state index in [1.165, 1.54) is 6.92 Å². The van der Waals surface area contributed by atoms with Crippen LogP contribution in [0.15, 0.2) is 39.3 Å². The third-order valence-corrected chi connectivity index (χ3v) is 2.55. The maximum atomic E-state index is 11.8. The van der Waals surface area contributed by atoms with E-state index in [0.29, 0.717) is 11.4 Å². The first-order valence-electron chi connectivity index (χ1n) is 5.70. The maximum Gasteiger partial charge on any atom is 0.303 e. The van der Waals surface area contributed by atoms with Crippen LogP contribution in [0, 0.1) is 0 Å². The Morgan fingerprint density at radius 3 is 2.45 bits per heavy atom. The number of carbonyl (C=O) groups excluding carboxylic acids is 1. The lowest BCUT2D eigenvalue weighted by Gasteiger charge is -1.97. The second-order valence-corrected chi connectivity index (χ2v) is 3.93. The van der Waals surface area contributed by atoms with Crippen molar-refractivity contribution in [3.8, 4) is 5.75 Å². The first-order valence-corrected chi connectivity index (χ1v) is 5.70. The standard InChI is InChI=1S/C12H13N5O3/c1-7(18)17-12(19)10(11(13)16-17)15-14-8-3-5-9(20-2)6-4-8/h3-6,16H,13H2,1-2H3. The summed E-state index contributed by atoms with van der Waals surface area (Å²) in [5.41, 5.74) is 5.38. The zero-order valence-corrected chi connectivity index (χ0v) is 11.0. The third-order valence-electron chi connectivity index (χ3n) is 2.55. The van der Waals surface area contributed by atoms with Gasteiger partial charge in [0.25, 0.3) is 0 Å². The van der Waals surface area contributed by atoms with Crippen LogP contribution in [0.25, 0.3) is 0 Å². The van der Waals surface area contributed by atoms with Crippen molar-refractivity contribution >= 4 is 23.1 Å². The number of hydrogen-bond acceptors (Lipinski definition) is 6. The van der Waals surface area contributed by atoms with E-state index in [4.69, 9.17) is 10.5 Å². The van der Waals surface area contributed by atoms with E-state index in [9.17, 15) is 9.59 Å². The lowest BCUT2D eigenvalue weighted by atomic mass is 10.3. The van der Waals surface area contributed by atoms with Gasteiger partial charge in [-0.3, -0.25) is 14.7 Å². The fourth-order valence-electron chi connectivity index (χ4n) is 1.52. The van der Waals surface area contributed by atoms with Gasteiger partial charge >= 0.3 is 5.56 Å². The van der Waals surface area contributed by atoms with Crippen molar-refractivity contribution in [2.75, 3.05) is 12.8 Å². The molecule has 2 rings (SSSR count). The van der Waals surface area contributed by atoms with E-state index in [1.807, 2.05) is 0 Å². The molecule has 0 aliphatic carbocycles. The number of azo groups is 1. The summed E-state index contributed by atoms with van der Waals surface area (Å²) in [6, 6.07) is 6.77. The monoisotopic (exact) mass is 275 g/mol. The van der Waals surface area contributed by atoms with E-state index in [0.717, 1.165) is 4.68 Å². The number of carbonyl (C=O) groups is 1. The Morgan fingerprint density at radius 2 is 1.95 bits per heavy atom. The van der Waals surface area contributed by atoms with Crippen LogP contribution in [0.1, 0.15) is 11.7 Å². The molecule has 0 aliphatic heterocycles. The SMILES string of the molecule is COc1ccc(N=Nc2c(N)[nH]n(C(C)=O)c2=O)cc1. The number of aromatic nitrogens is 2. The Bertz CT molecular complexity index is 712. The minimum absolute atomic E-state index is 0.0116. The van der Waals surface area contributed by atoms with E-state index < -0.39 is 11.5 Å². The Balaban J connectivity index is 2.31. The number of aromatic amines is 1. The molecule has 0 amide bonds. The minimum Gasteiger partial charge on any atom is -0.497 e. The molecule has 0 radical (unpaired) electrons. The number of nitrogens with one attached hydrogen (secondary N) is 1. The van der Waals surface area contributed by atoms with Gasteiger partial charge in [-0.1, -0.05) is 0 Å². The van der Waals surface area contributed by atoms with E-state index >= 15 is 0 Å². The Hall–Kier alpha value is -2.90. The summed E-state index contributed by atoms with van der Waals surface area (Å²) < 4.78 is 5.79. The summed E-state index contributed by atoms with van der Waals surface area (Å²) in [4.78, 5) is 23.0. The smallest absolute Gasteiger partial charge is 0.303 e. The maximum absolute atomic E-state index is 11.8. The molecule has 0 aliphatic rings. The lowest BCUT2D eigenvalue weighted by Crippen LogP contribution is -2.21. The Kier molecular flexibility index (Phi) is 3.65. The molecule has 0 saturated heterocycles. The van der Waals surface area contributed by atoms with Crippen molar-refractivity contribution in [2.24, 2.45) is 10.2 Å². The second kappa shape index (κ2) is 5.39. The molecule has 8 nitrogen and oxygen atoms in total. The summed E-state index contributed by atoms with van der Waals surface area (Å²) >= 11 is 0. The number of benzene rings is 1.